The van der Waals surface area contributed by atoms with Crippen molar-refractivity contribution in [2.45, 2.75) is 66.1 Å². The zero-order valence-electron chi connectivity index (χ0n) is 12.1. The Morgan fingerprint density at radius 2 is 1.61 bits per heavy atom. The smallest absolute Gasteiger partial charge is 0.305 e. The van der Waals surface area contributed by atoms with E-state index in [-0.39, 0.29) is 5.41 Å². The Morgan fingerprint density at radius 1 is 1.11 bits per heavy atom. The van der Waals surface area contributed by atoms with E-state index in [2.05, 4.69) is 26.1 Å². The largest absolute Gasteiger partial charge is 0.404 e. The van der Waals surface area contributed by atoms with Gasteiger partial charge in [0.1, 0.15) is 6.04 Å². The molecule has 18 heavy (non-hydrogen) atoms. The molecule has 0 spiro atoms. The van der Waals surface area contributed by atoms with E-state index >= 15 is 0 Å². The molecule has 0 bridgehead atoms. The molecule has 0 aromatic heterocycles. The van der Waals surface area contributed by atoms with E-state index in [0.29, 0.717) is 31.7 Å². The zero-order chi connectivity index (χ0) is 14.2. The van der Waals surface area contributed by atoms with E-state index in [1.807, 2.05) is 13.8 Å². The topological polar surface area (TPSA) is 12.0 Å². The van der Waals surface area contributed by atoms with Crippen LogP contribution in [0.4, 0.5) is 13.2 Å². The molecule has 1 aliphatic heterocycles. The third-order valence-corrected chi connectivity index (χ3v) is 4.79. The van der Waals surface area contributed by atoms with Crippen LogP contribution in [0.5, 0.6) is 0 Å². The molecule has 1 N–H and O–H groups in total. The minimum absolute atomic E-state index is 0.0547. The van der Waals surface area contributed by atoms with Gasteiger partial charge in [-0.25, -0.2) is 0 Å². The highest BCUT2D eigenvalue weighted by Gasteiger charge is 2.55. The maximum absolute atomic E-state index is 13.2. The number of hydrogen-bond acceptors (Lipinski definition) is 1. The van der Waals surface area contributed by atoms with Crippen LogP contribution in [0.3, 0.4) is 0 Å². The van der Waals surface area contributed by atoms with Crippen LogP contribution in [0.15, 0.2) is 0 Å². The lowest BCUT2D eigenvalue weighted by Crippen LogP contribution is -2.60. The molecule has 0 amide bonds. The van der Waals surface area contributed by atoms with Gasteiger partial charge in [0.05, 0.1) is 0 Å². The average Bonchev–Trinajstić information content (AvgIpc) is 2.25. The van der Waals surface area contributed by atoms with Crippen LogP contribution >= 0.6 is 0 Å². The molecule has 0 aromatic carbocycles. The predicted octanol–water partition coefficient (Wildman–Crippen LogP) is 4.38. The molecular weight excluding hydrogens is 239 g/mol. The first kappa shape index (κ1) is 15.8. The van der Waals surface area contributed by atoms with E-state index < -0.39 is 17.6 Å². The summed E-state index contributed by atoms with van der Waals surface area (Å²) in [6.45, 7) is 10.6. The molecule has 0 aromatic rings. The predicted molar refractivity (Wildman–Crippen MR) is 68.4 cm³/mol. The number of alkyl halides is 3. The van der Waals surface area contributed by atoms with Crippen LogP contribution in [0.1, 0.15) is 53.9 Å². The van der Waals surface area contributed by atoms with Crippen molar-refractivity contribution in [2.75, 3.05) is 6.54 Å². The number of hydrogen-bond donors (Lipinski definition) is 1. The quantitative estimate of drug-likeness (QED) is 0.781. The lowest BCUT2D eigenvalue weighted by molar-refractivity contribution is -0.199. The van der Waals surface area contributed by atoms with E-state index in [0.717, 1.165) is 0 Å². The van der Waals surface area contributed by atoms with Crippen LogP contribution in [0.2, 0.25) is 0 Å². The van der Waals surface area contributed by atoms with Gasteiger partial charge in [-0.2, -0.15) is 13.2 Å². The summed E-state index contributed by atoms with van der Waals surface area (Å²) in [5, 5.41) is 2.78. The summed E-state index contributed by atoms with van der Waals surface area (Å²) < 4.78 is 39.5. The molecule has 0 radical (unpaired) electrons. The van der Waals surface area contributed by atoms with Crippen LogP contribution < -0.4 is 5.32 Å². The van der Waals surface area contributed by atoms with Crippen molar-refractivity contribution in [3.63, 3.8) is 0 Å². The van der Waals surface area contributed by atoms with Crippen molar-refractivity contribution in [2.24, 2.45) is 16.7 Å². The van der Waals surface area contributed by atoms with Crippen molar-refractivity contribution in [3.8, 4) is 0 Å². The Kier molecular flexibility index (Phi) is 4.41. The standard InChI is InChI=1S/C14H26F3N/c1-6-13(7-2)8-10(12(3,4)5)9-18-11(13)14(15,16)17/h10-11,18H,6-9H2,1-5H3. The molecule has 1 rings (SSSR count). The Hall–Kier alpha value is -0.250. The normalized spacial score (nSPS) is 29.3. The second-order valence-corrected chi connectivity index (χ2v) is 6.72. The number of halogens is 3. The second kappa shape index (κ2) is 5.03. The number of nitrogens with one attached hydrogen (secondary N) is 1. The molecule has 1 fully saturated rings. The molecule has 2 unspecified atom stereocenters. The maximum Gasteiger partial charge on any atom is 0.404 e. The Morgan fingerprint density at radius 3 is 1.94 bits per heavy atom. The molecular formula is C14H26F3N. The highest BCUT2D eigenvalue weighted by Crippen LogP contribution is 2.49. The first-order chi connectivity index (χ1) is 8.07. The Bertz CT molecular complexity index is 274. The fourth-order valence-corrected chi connectivity index (χ4v) is 3.18. The van der Waals surface area contributed by atoms with Gasteiger partial charge >= 0.3 is 6.18 Å². The second-order valence-electron chi connectivity index (χ2n) is 6.72. The monoisotopic (exact) mass is 265 g/mol. The third kappa shape index (κ3) is 3.01. The summed E-state index contributed by atoms with van der Waals surface area (Å²) in [6.07, 6.45) is -2.32. The van der Waals surface area contributed by atoms with E-state index in [9.17, 15) is 13.2 Å². The summed E-state index contributed by atoms with van der Waals surface area (Å²) >= 11 is 0. The van der Waals surface area contributed by atoms with Crippen molar-refractivity contribution >= 4 is 0 Å². The summed E-state index contributed by atoms with van der Waals surface area (Å²) in [4.78, 5) is 0. The van der Waals surface area contributed by atoms with E-state index in [4.69, 9.17) is 0 Å². The van der Waals surface area contributed by atoms with Gasteiger partial charge in [0, 0.05) is 0 Å². The summed E-state index contributed by atoms with van der Waals surface area (Å²) in [5.41, 5.74) is -0.590. The van der Waals surface area contributed by atoms with Crippen LogP contribution in [0.25, 0.3) is 0 Å². The fourth-order valence-electron chi connectivity index (χ4n) is 3.18. The van der Waals surface area contributed by atoms with E-state index in [1.165, 1.54) is 0 Å². The van der Waals surface area contributed by atoms with Crippen molar-refractivity contribution in [1.82, 2.24) is 5.32 Å². The van der Waals surface area contributed by atoms with Crippen LogP contribution in [-0.4, -0.2) is 18.8 Å². The zero-order valence-corrected chi connectivity index (χ0v) is 12.1. The van der Waals surface area contributed by atoms with Gasteiger partial charge in [0.2, 0.25) is 0 Å². The number of piperidine rings is 1. The van der Waals surface area contributed by atoms with E-state index in [1.54, 1.807) is 0 Å². The Balaban J connectivity index is 3.01. The fraction of sp³-hybridized carbons (Fsp3) is 1.00. The third-order valence-electron chi connectivity index (χ3n) is 4.79. The minimum Gasteiger partial charge on any atom is -0.305 e. The summed E-state index contributed by atoms with van der Waals surface area (Å²) in [7, 11) is 0. The molecule has 0 saturated carbocycles. The Labute approximate surface area is 109 Å². The van der Waals surface area contributed by atoms with Crippen molar-refractivity contribution in [3.05, 3.63) is 0 Å². The molecule has 1 heterocycles. The first-order valence-electron chi connectivity index (χ1n) is 6.87. The highest BCUT2D eigenvalue weighted by atomic mass is 19.4. The molecule has 4 heteroatoms. The summed E-state index contributed by atoms with van der Waals surface area (Å²) in [5.74, 6) is 0.302. The summed E-state index contributed by atoms with van der Waals surface area (Å²) in [6, 6.07) is -1.35. The van der Waals surface area contributed by atoms with Gasteiger partial charge in [-0.3, -0.25) is 0 Å². The average molecular weight is 265 g/mol. The number of rotatable bonds is 2. The van der Waals surface area contributed by atoms with Gasteiger partial charge < -0.3 is 5.32 Å². The van der Waals surface area contributed by atoms with Crippen LogP contribution in [-0.2, 0) is 0 Å². The van der Waals surface area contributed by atoms with Gasteiger partial charge in [0.15, 0.2) is 0 Å². The lowest BCUT2D eigenvalue weighted by atomic mass is 9.62. The van der Waals surface area contributed by atoms with Crippen molar-refractivity contribution in [1.29, 1.82) is 0 Å². The molecule has 1 nitrogen and oxygen atoms in total. The maximum atomic E-state index is 13.2. The van der Waals surface area contributed by atoms with Crippen LogP contribution in [0, 0.1) is 16.7 Å². The van der Waals surface area contributed by atoms with Gasteiger partial charge in [-0.1, -0.05) is 34.6 Å². The van der Waals surface area contributed by atoms with Gasteiger partial charge in [-0.15, -0.1) is 0 Å². The van der Waals surface area contributed by atoms with Gasteiger partial charge in [-0.05, 0) is 42.6 Å². The highest BCUT2D eigenvalue weighted by molar-refractivity contribution is 5.01. The minimum atomic E-state index is -4.14. The molecule has 1 aliphatic rings. The van der Waals surface area contributed by atoms with Gasteiger partial charge in [0.25, 0.3) is 0 Å². The first-order valence-corrected chi connectivity index (χ1v) is 6.87. The molecule has 2 atom stereocenters. The van der Waals surface area contributed by atoms with Crippen molar-refractivity contribution < 1.29 is 13.2 Å². The lowest BCUT2D eigenvalue weighted by Gasteiger charge is -2.50. The molecule has 1 saturated heterocycles. The molecule has 108 valence electrons. The SMILES string of the molecule is CCC1(CC)CC(C(C)(C)C)CNC1C(F)(F)F. The molecule has 0 aliphatic carbocycles.